The van der Waals surface area contributed by atoms with Crippen molar-refractivity contribution in [1.82, 2.24) is 4.90 Å². The van der Waals surface area contributed by atoms with E-state index < -0.39 is 11.9 Å². The first kappa shape index (κ1) is 16.6. The first-order chi connectivity index (χ1) is 10.5. The van der Waals surface area contributed by atoms with Crippen LogP contribution in [0.2, 0.25) is 0 Å². The molecule has 5 heteroatoms. The van der Waals surface area contributed by atoms with Crippen LogP contribution in [0.1, 0.15) is 30.6 Å². The van der Waals surface area contributed by atoms with Crippen molar-refractivity contribution in [2.45, 2.75) is 32.5 Å². The summed E-state index contributed by atoms with van der Waals surface area (Å²) in [5.74, 6) is -1.57. The standard InChI is InChI=1S/C17H23NO4/c1-12-9-18(10-13(2)22-12)11-15(8-16(19)20)17(21)14-6-4-3-5-7-14/h3-7,12-13,15H,8-11H2,1-2H3,(H,19,20). The summed E-state index contributed by atoms with van der Waals surface area (Å²) in [6.07, 6.45) is 0.0514. The normalized spacial score (nSPS) is 23.9. The van der Waals surface area contributed by atoms with Gasteiger partial charge in [0.1, 0.15) is 0 Å². The lowest BCUT2D eigenvalue weighted by Gasteiger charge is -2.36. The molecule has 1 N–H and O–H groups in total. The van der Waals surface area contributed by atoms with Crippen LogP contribution in [-0.2, 0) is 9.53 Å². The molecule has 1 aliphatic rings. The van der Waals surface area contributed by atoms with E-state index in [0.717, 1.165) is 13.1 Å². The Morgan fingerprint density at radius 1 is 1.23 bits per heavy atom. The number of ketones is 1. The molecule has 0 amide bonds. The Bertz CT molecular complexity index is 507. The van der Waals surface area contributed by atoms with Gasteiger partial charge in [0.25, 0.3) is 0 Å². The van der Waals surface area contributed by atoms with E-state index in [-0.39, 0.29) is 24.4 Å². The molecule has 3 atom stereocenters. The van der Waals surface area contributed by atoms with Crippen molar-refractivity contribution in [1.29, 1.82) is 0 Å². The summed E-state index contributed by atoms with van der Waals surface area (Å²) in [6.45, 7) is 5.89. The Balaban J connectivity index is 2.09. The van der Waals surface area contributed by atoms with Crippen molar-refractivity contribution in [2.24, 2.45) is 5.92 Å². The second-order valence-corrected chi connectivity index (χ2v) is 6.00. The van der Waals surface area contributed by atoms with E-state index in [9.17, 15) is 9.59 Å². The fraction of sp³-hybridized carbons (Fsp3) is 0.529. The van der Waals surface area contributed by atoms with Gasteiger partial charge in [-0.25, -0.2) is 0 Å². The Kier molecular flexibility index (Phi) is 5.69. The van der Waals surface area contributed by atoms with Crippen LogP contribution in [0, 0.1) is 5.92 Å². The molecule has 1 aromatic carbocycles. The number of carboxylic acid groups (broad SMARTS) is 1. The molecule has 5 nitrogen and oxygen atoms in total. The maximum atomic E-state index is 12.6. The molecule has 1 aromatic rings. The molecule has 22 heavy (non-hydrogen) atoms. The molecule has 0 aliphatic carbocycles. The molecule has 1 fully saturated rings. The van der Waals surface area contributed by atoms with Gasteiger partial charge in [-0.1, -0.05) is 30.3 Å². The maximum absolute atomic E-state index is 12.6. The number of carboxylic acids is 1. The van der Waals surface area contributed by atoms with Crippen molar-refractivity contribution >= 4 is 11.8 Å². The van der Waals surface area contributed by atoms with Gasteiger partial charge in [0.2, 0.25) is 0 Å². The zero-order chi connectivity index (χ0) is 16.1. The van der Waals surface area contributed by atoms with Crippen LogP contribution in [0.4, 0.5) is 0 Å². The highest BCUT2D eigenvalue weighted by Gasteiger charge is 2.29. The van der Waals surface area contributed by atoms with Gasteiger partial charge >= 0.3 is 5.97 Å². The zero-order valence-corrected chi connectivity index (χ0v) is 13.1. The maximum Gasteiger partial charge on any atom is 0.304 e. The minimum atomic E-state index is -0.941. The SMILES string of the molecule is CC1CN(CC(CC(=O)O)C(=O)c2ccccc2)CC(C)O1. The molecular formula is C17H23NO4. The largest absolute Gasteiger partial charge is 0.481 e. The lowest BCUT2D eigenvalue weighted by molar-refractivity contribution is -0.138. The van der Waals surface area contributed by atoms with Crippen LogP contribution >= 0.6 is 0 Å². The molecule has 0 saturated carbocycles. The third-order valence-electron chi connectivity index (χ3n) is 3.82. The van der Waals surface area contributed by atoms with Gasteiger partial charge in [-0.2, -0.15) is 0 Å². The van der Waals surface area contributed by atoms with E-state index in [2.05, 4.69) is 4.90 Å². The molecule has 1 aliphatic heterocycles. The lowest BCUT2D eigenvalue weighted by atomic mass is 9.93. The molecule has 0 aromatic heterocycles. The quantitative estimate of drug-likeness (QED) is 0.815. The van der Waals surface area contributed by atoms with E-state index in [1.807, 2.05) is 19.9 Å². The van der Waals surface area contributed by atoms with Crippen molar-refractivity contribution in [3.8, 4) is 0 Å². The molecular weight excluding hydrogens is 282 g/mol. The fourth-order valence-corrected chi connectivity index (χ4v) is 3.03. The predicted molar refractivity (Wildman–Crippen MR) is 83.0 cm³/mol. The number of nitrogens with zero attached hydrogens (tertiary/aromatic N) is 1. The number of benzene rings is 1. The Morgan fingerprint density at radius 3 is 2.36 bits per heavy atom. The van der Waals surface area contributed by atoms with Gasteiger partial charge in [-0.05, 0) is 13.8 Å². The molecule has 1 heterocycles. The van der Waals surface area contributed by atoms with Crippen LogP contribution in [-0.4, -0.2) is 53.6 Å². The average molecular weight is 305 g/mol. The van der Waals surface area contributed by atoms with Crippen LogP contribution in [0.15, 0.2) is 30.3 Å². The van der Waals surface area contributed by atoms with Gasteiger partial charge < -0.3 is 9.84 Å². The van der Waals surface area contributed by atoms with E-state index in [0.29, 0.717) is 12.1 Å². The van der Waals surface area contributed by atoms with E-state index in [1.165, 1.54) is 0 Å². The van der Waals surface area contributed by atoms with Gasteiger partial charge in [0.05, 0.1) is 18.6 Å². The monoisotopic (exact) mass is 305 g/mol. The number of Topliss-reactive ketones (excluding diaryl/α,β-unsaturated/α-hetero) is 1. The number of hydrogen-bond acceptors (Lipinski definition) is 4. The third-order valence-corrected chi connectivity index (χ3v) is 3.82. The lowest BCUT2D eigenvalue weighted by Crippen LogP contribution is -2.48. The van der Waals surface area contributed by atoms with Gasteiger partial charge in [-0.15, -0.1) is 0 Å². The number of hydrogen-bond donors (Lipinski definition) is 1. The molecule has 0 bridgehead atoms. The van der Waals surface area contributed by atoms with Gasteiger partial charge in [-0.3, -0.25) is 14.5 Å². The first-order valence-corrected chi connectivity index (χ1v) is 7.64. The Hall–Kier alpha value is -1.72. The summed E-state index contributed by atoms with van der Waals surface area (Å²) >= 11 is 0. The highest BCUT2D eigenvalue weighted by atomic mass is 16.5. The summed E-state index contributed by atoms with van der Waals surface area (Å²) in [7, 11) is 0. The van der Waals surface area contributed by atoms with Crippen LogP contribution < -0.4 is 0 Å². The van der Waals surface area contributed by atoms with Crippen molar-refractivity contribution < 1.29 is 19.4 Å². The molecule has 0 spiro atoms. The van der Waals surface area contributed by atoms with Crippen LogP contribution in [0.3, 0.4) is 0 Å². The summed E-state index contributed by atoms with van der Waals surface area (Å²) in [5.41, 5.74) is 0.572. The number of morpholine rings is 1. The molecule has 120 valence electrons. The summed E-state index contributed by atoms with van der Waals surface area (Å²) in [6, 6.07) is 8.91. The van der Waals surface area contributed by atoms with Gasteiger partial charge in [0.15, 0.2) is 5.78 Å². The van der Waals surface area contributed by atoms with Gasteiger partial charge in [0, 0.05) is 31.1 Å². The van der Waals surface area contributed by atoms with E-state index >= 15 is 0 Å². The second-order valence-electron chi connectivity index (χ2n) is 6.00. The molecule has 3 unspecified atom stereocenters. The smallest absolute Gasteiger partial charge is 0.304 e. The van der Waals surface area contributed by atoms with E-state index in [4.69, 9.17) is 9.84 Å². The minimum absolute atomic E-state index is 0.0982. The van der Waals surface area contributed by atoms with Crippen LogP contribution in [0.5, 0.6) is 0 Å². The number of carbonyl (C=O) groups excluding carboxylic acids is 1. The van der Waals surface area contributed by atoms with Crippen molar-refractivity contribution in [2.75, 3.05) is 19.6 Å². The van der Waals surface area contributed by atoms with Crippen molar-refractivity contribution in [3.05, 3.63) is 35.9 Å². The Morgan fingerprint density at radius 2 is 1.82 bits per heavy atom. The van der Waals surface area contributed by atoms with Crippen molar-refractivity contribution in [3.63, 3.8) is 0 Å². The van der Waals surface area contributed by atoms with Crippen LogP contribution in [0.25, 0.3) is 0 Å². The zero-order valence-electron chi connectivity index (χ0n) is 13.1. The number of carbonyl (C=O) groups is 2. The highest BCUT2D eigenvalue weighted by molar-refractivity contribution is 5.99. The van der Waals surface area contributed by atoms with E-state index in [1.54, 1.807) is 24.3 Å². The average Bonchev–Trinajstić information content (AvgIpc) is 2.45. The third kappa shape index (κ3) is 4.64. The summed E-state index contributed by atoms with van der Waals surface area (Å²) < 4.78 is 5.68. The summed E-state index contributed by atoms with van der Waals surface area (Å²) in [4.78, 5) is 25.8. The fourth-order valence-electron chi connectivity index (χ4n) is 3.03. The Labute approximate surface area is 130 Å². The minimum Gasteiger partial charge on any atom is -0.481 e. The molecule has 2 rings (SSSR count). The second kappa shape index (κ2) is 7.51. The topological polar surface area (TPSA) is 66.8 Å². The molecule has 1 saturated heterocycles. The summed E-state index contributed by atoms with van der Waals surface area (Å²) in [5, 5.41) is 9.12. The predicted octanol–water partition coefficient (Wildman–Crippen LogP) is 2.07. The number of aliphatic carboxylic acids is 1. The highest BCUT2D eigenvalue weighted by Crippen LogP contribution is 2.18. The number of rotatable bonds is 6. The molecule has 0 radical (unpaired) electrons. The first-order valence-electron chi connectivity index (χ1n) is 7.64. The number of ether oxygens (including phenoxy) is 1.